The van der Waals surface area contributed by atoms with Crippen molar-refractivity contribution in [1.29, 1.82) is 0 Å². The number of halogens is 8. The molecule has 8 nitrogen and oxygen atoms in total. The van der Waals surface area contributed by atoms with Crippen LogP contribution >= 0.6 is 92.8 Å². The third-order valence-corrected chi connectivity index (χ3v) is 10.1. The zero-order chi connectivity index (χ0) is 32.5. The van der Waals surface area contributed by atoms with Crippen LogP contribution in [0.25, 0.3) is 22.2 Å². The normalized spacial score (nSPS) is 14.7. The van der Waals surface area contributed by atoms with E-state index in [2.05, 4.69) is 4.98 Å². The Morgan fingerprint density at radius 2 is 1.16 bits per heavy atom. The van der Waals surface area contributed by atoms with Gasteiger partial charge in [-0.05, 0) is 18.4 Å². The Morgan fingerprint density at radius 3 is 1.66 bits per heavy atom. The van der Waals surface area contributed by atoms with Crippen LogP contribution in [-0.2, 0) is 11.1 Å². The van der Waals surface area contributed by atoms with Gasteiger partial charge in [-0.3, -0.25) is 18.6 Å². The molecule has 3 aromatic carbocycles. The smallest absolute Gasteiger partial charge is 0.267 e. The van der Waals surface area contributed by atoms with Crippen LogP contribution < -0.4 is 4.90 Å². The minimum absolute atomic E-state index is 0.00297. The van der Waals surface area contributed by atoms with Crippen molar-refractivity contribution in [1.82, 2.24) is 4.98 Å². The average molecular weight is 773 g/mol. The van der Waals surface area contributed by atoms with Crippen LogP contribution in [0, 0.1) is 0 Å². The zero-order valence-electron chi connectivity index (χ0n) is 21.2. The van der Waals surface area contributed by atoms with Gasteiger partial charge in [-0.1, -0.05) is 122 Å². The maximum absolute atomic E-state index is 13.5. The fourth-order valence-corrected chi connectivity index (χ4v) is 6.72. The van der Waals surface area contributed by atoms with Crippen LogP contribution in [0.15, 0.2) is 30.3 Å². The summed E-state index contributed by atoms with van der Waals surface area (Å²) in [6, 6.07) is 7.81. The molecule has 0 spiro atoms. The first-order chi connectivity index (χ1) is 20.6. The minimum Gasteiger partial charge on any atom is -0.773 e. The summed E-state index contributed by atoms with van der Waals surface area (Å²) in [4.78, 5) is 45.8. The summed E-state index contributed by atoms with van der Waals surface area (Å²) in [7, 11) is 0. The Kier molecular flexibility index (Phi) is 9.23. The van der Waals surface area contributed by atoms with Crippen molar-refractivity contribution in [3.8, 4) is 0 Å². The number of pyridine rings is 1. The monoisotopic (exact) mass is 769 g/mol. The quantitative estimate of drug-likeness (QED) is 0.0931. The number of carbonyl (C=O) groups excluding carboxylic acids is 3. The highest BCUT2D eigenvalue weighted by atomic mass is 35.5. The van der Waals surface area contributed by atoms with Gasteiger partial charge in [-0.25, -0.2) is 9.88 Å². The summed E-state index contributed by atoms with van der Waals surface area (Å²) in [5.74, 6) is -2.83. The molecular weight excluding hydrogens is 764 g/mol. The number of nitrogens with zero attached hydrogens (tertiary/aromatic N) is 2. The van der Waals surface area contributed by atoms with Gasteiger partial charge in [0.25, 0.3) is 11.8 Å². The number of para-hydroxylation sites is 1. The third kappa shape index (κ3) is 5.08. The van der Waals surface area contributed by atoms with E-state index in [1.54, 1.807) is 18.2 Å². The van der Waals surface area contributed by atoms with E-state index in [4.69, 9.17) is 102 Å². The van der Waals surface area contributed by atoms with E-state index >= 15 is 0 Å². The van der Waals surface area contributed by atoms with Gasteiger partial charge in [-0.2, -0.15) is 0 Å². The molecule has 1 atom stereocenters. The lowest BCUT2D eigenvalue weighted by Gasteiger charge is -2.16. The maximum Gasteiger partial charge on any atom is 0.267 e. The molecule has 2 aliphatic rings. The van der Waals surface area contributed by atoms with Crippen molar-refractivity contribution in [3.63, 3.8) is 0 Å². The molecule has 4 aromatic rings. The predicted octanol–water partition coefficient (Wildman–Crippen LogP) is 9.38. The van der Waals surface area contributed by atoms with Gasteiger partial charge in [0.15, 0.2) is 0 Å². The summed E-state index contributed by atoms with van der Waals surface area (Å²) < 4.78 is 18.0. The molecule has 1 aliphatic heterocycles. The second-order valence-corrected chi connectivity index (χ2v) is 12.8. The fourth-order valence-electron chi connectivity index (χ4n) is 4.68. The van der Waals surface area contributed by atoms with Crippen molar-refractivity contribution >= 4 is 149 Å². The summed E-state index contributed by atoms with van der Waals surface area (Å²) in [5.41, 5.74) is -0.695. The van der Waals surface area contributed by atoms with Gasteiger partial charge in [0, 0.05) is 5.39 Å². The highest BCUT2D eigenvalue weighted by molar-refractivity contribution is 7.78. The Hall–Kier alpha value is -2.15. The van der Waals surface area contributed by atoms with Crippen molar-refractivity contribution in [2.75, 3.05) is 11.2 Å². The number of amides is 2. The molecule has 0 saturated carbocycles. The van der Waals surface area contributed by atoms with E-state index in [1.807, 2.05) is 0 Å². The lowest BCUT2D eigenvalue weighted by molar-refractivity contribution is 0.0925. The number of hydrogen-bond acceptors (Lipinski definition) is 7. The van der Waals surface area contributed by atoms with Gasteiger partial charge in [-0.15, -0.1) is 0 Å². The van der Waals surface area contributed by atoms with E-state index in [-0.39, 0.29) is 84.9 Å². The number of aromatic nitrogens is 1. The molecule has 6 rings (SSSR count). The Balaban J connectivity index is 0.000000906. The molecule has 1 aromatic heterocycles. The number of anilines is 1. The molecule has 1 N–H and O–H groups in total. The van der Waals surface area contributed by atoms with Crippen LogP contribution in [0.3, 0.4) is 0 Å². The number of allylic oxidation sites excluding steroid dienone is 1. The summed E-state index contributed by atoms with van der Waals surface area (Å²) in [6.45, 7) is 0. The number of Topliss-reactive ketones (excluding diaryl/α,β-unsaturated/α-hetero) is 1. The van der Waals surface area contributed by atoms with Crippen LogP contribution in [0.1, 0.15) is 42.3 Å². The molecule has 0 saturated heterocycles. The Morgan fingerprint density at radius 1 is 0.705 bits per heavy atom. The summed E-state index contributed by atoms with van der Waals surface area (Å²) in [5, 5.41) is 10.1. The highest BCUT2D eigenvalue weighted by Crippen LogP contribution is 2.50. The number of fused-ring (bicyclic) bond motifs is 3. The number of aliphatic hydroxyl groups excluding tert-OH is 1. The third-order valence-electron chi connectivity index (χ3n) is 6.49. The number of hydrogen-bond donors (Lipinski definition) is 1. The second kappa shape index (κ2) is 12.2. The Labute approximate surface area is 290 Å². The first kappa shape index (κ1) is 33.2. The lowest BCUT2D eigenvalue weighted by Crippen LogP contribution is -2.29. The molecule has 0 bridgehead atoms. The van der Waals surface area contributed by atoms with Crippen LogP contribution in [0.4, 0.5) is 5.69 Å². The standard InChI is InChI=1S/C26H6Cl8N2O4.CH4O2S/c27-14-10-11(15(28)19(32)18(14)31)24(38)9(23(10)37)7-5-4-6-2-1-3-8(22(6)35-7)36-25(39)12-13(26(36)40)17(30)21(34)20(33)16(12)29;1-4(2)3/h1-5,37H;1H3,(H,2,3)/p-1. The highest BCUT2D eigenvalue weighted by Gasteiger charge is 2.43. The van der Waals surface area contributed by atoms with Crippen LogP contribution in [0.5, 0.6) is 0 Å². The summed E-state index contributed by atoms with van der Waals surface area (Å²) in [6.07, 6.45) is 1.08. The van der Waals surface area contributed by atoms with Gasteiger partial charge >= 0.3 is 0 Å². The van der Waals surface area contributed by atoms with Gasteiger partial charge in [0.05, 0.1) is 84.9 Å². The molecule has 226 valence electrons. The molecule has 0 radical (unpaired) electrons. The number of rotatable bonds is 2. The number of carbonyl (C=O) groups is 3. The molecule has 1 aliphatic carbocycles. The Bertz CT molecular complexity index is 2030. The molecule has 2 amide bonds. The zero-order valence-corrected chi connectivity index (χ0v) is 28.1. The van der Waals surface area contributed by atoms with Crippen molar-refractivity contribution in [3.05, 3.63) is 98.5 Å². The van der Waals surface area contributed by atoms with Crippen molar-refractivity contribution in [2.24, 2.45) is 0 Å². The molecule has 0 fully saturated rings. The van der Waals surface area contributed by atoms with Crippen LogP contribution in [-0.4, -0.2) is 42.7 Å². The number of aliphatic hydroxyl groups is 1. The van der Waals surface area contributed by atoms with Gasteiger partial charge in [0.2, 0.25) is 5.78 Å². The largest absolute Gasteiger partial charge is 0.773 e. The molecule has 1 unspecified atom stereocenters. The minimum atomic E-state index is -1.86. The first-order valence-corrected chi connectivity index (χ1v) is 16.1. The fraction of sp³-hybridized carbons (Fsp3) is 0.0370. The number of imide groups is 1. The first-order valence-electron chi connectivity index (χ1n) is 11.6. The topological polar surface area (TPSA) is 128 Å². The number of benzene rings is 3. The lowest BCUT2D eigenvalue weighted by atomic mass is 10.0. The van der Waals surface area contributed by atoms with Gasteiger partial charge in [0.1, 0.15) is 5.76 Å². The van der Waals surface area contributed by atoms with Crippen molar-refractivity contribution < 1.29 is 28.3 Å². The predicted molar refractivity (Wildman–Crippen MR) is 174 cm³/mol. The maximum atomic E-state index is 13.5. The van der Waals surface area contributed by atoms with E-state index in [0.29, 0.717) is 5.39 Å². The van der Waals surface area contributed by atoms with E-state index < -0.39 is 34.4 Å². The second-order valence-electron chi connectivity index (χ2n) is 8.96. The summed E-state index contributed by atoms with van der Waals surface area (Å²) >= 11 is 47.8. The van der Waals surface area contributed by atoms with Gasteiger partial charge < -0.3 is 9.66 Å². The SMILES string of the molecule is CS(=O)[O-].O=C1C(c2ccc3cccc(N4C(=O)c5c(Cl)c(Cl)c(Cl)c(Cl)c5C4=O)c3n2)=C(O)c2c(Cl)c(Cl)c(Cl)c(Cl)c21. The van der Waals surface area contributed by atoms with Crippen molar-refractivity contribution in [2.45, 2.75) is 0 Å². The molecule has 44 heavy (non-hydrogen) atoms. The average Bonchev–Trinajstić information content (AvgIpc) is 3.39. The molecule has 17 heteroatoms. The molecule has 2 heterocycles. The number of ketones is 1. The molecular formula is C27H9Cl8N2O6S-. The van der Waals surface area contributed by atoms with E-state index in [0.717, 1.165) is 11.2 Å². The van der Waals surface area contributed by atoms with E-state index in [1.165, 1.54) is 12.1 Å². The van der Waals surface area contributed by atoms with Crippen LogP contribution in [0.2, 0.25) is 40.2 Å². The van der Waals surface area contributed by atoms with E-state index in [9.17, 15) is 19.5 Å².